The molecular formula is C35H40Cl2FN3O2. The van der Waals surface area contributed by atoms with E-state index in [1.165, 1.54) is 11.6 Å². The van der Waals surface area contributed by atoms with E-state index in [2.05, 4.69) is 43.2 Å². The van der Waals surface area contributed by atoms with Gasteiger partial charge in [0, 0.05) is 33.8 Å². The molecule has 1 aliphatic heterocycles. The number of amides is 2. The lowest BCUT2D eigenvalue weighted by molar-refractivity contribution is -0.122. The molecule has 0 bridgehead atoms. The van der Waals surface area contributed by atoms with Crippen LogP contribution in [0.2, 0.25) is 10.0 Å². The Kier molecular flexibility index (Phi) is 8.95. The van der Waals surface area contributed by atoms with E-state index < -0.39 is 23.3 Å². The van der Waals surface area contributed by atoms with Crippen molar-refractivity contribution in [3.05, 3.63) is 93.2 Å². The summed E-state index contributed by atoms with van der Waals surface area (Å²) in [6.45, 7) is 8.79. The lowest BCUT2D eigenvalue weighted by Crippen LogP contribution is -2.53. The fourth-order valence-corrected chi connectivity index (χ4v) is 7.74. The Bertz CT molecular complexity index is 1500. The molecule has 0 radical (unpaired) electrons. The summed E-state index contributed by atoms with van der Waals surface area (Å²) in [4.78, 5) is 28.3. The van der Waals surface area contributed by atoms with Gasteiger partial charge in [0.1, 0.15) is 5.82 Å². The topological polar surface area (TPSA) is 61.4 Å². The average Bonchev–Trinajstić information content (AvgIpc) is 3.20. The number of benzene rings is 3. The first-order valence-electron chi connectivity index (χ1n) is 15.0. The monoisotopic (exact) mass is 623 g/mol. The number of carbonyl (C=O) groups is 2. The van der Waals surface area contributed by atoms with E-state index >= 15 is 4.39 Å². The van der Waals surface area contributed by atoms with Crippen molar-refractivity contribution in [1.29, 1.82) is 0 Å². The molecule has 1 spiro atoms. The number of nitrogens with zero attached hydrogens (tertiary/aromatic N) is 1. The lowest BCUT2D eigenvalue weighted by atomic mass is 9.61. The van der Waals surface area contributed by atoms with Gasteiger partial charge in [-0.25, -0.2) is 4.39 Å². The zero-order valence-electron chi connectivity index (χ0n) is 25.4. The molecule has 3 atom stereocenters. The Labute approximate surface area is 264 Å². The summed E-state index contributed by atoms with van der Waals surface area (Å²) >= 11 is 12.8. The first kappa shape index (κ1) is 31.5. The van der Waals surface area contributed by atoms with Crippen LogP contribution in [0, 0.1) is 11.2 Å². The van der Waals surface area contributed by atoms with E-state index in [1.54, 1.807) is 24.3 Å². The number of anilines is 2. The van der Waals surface area contributed by atoms with Crippen molar-refractivity contribution < 1.29 is 14.0 Å². The van der Waals surface area contributed by atoms with Gasteiger partial charge in [-0.15, -0.1) is 0 Å². The fourth-order valence-electron chi connectivity index (χ4n) is 7.38. The fraction of sp³-hybridized carbons (Fsp3) is 0.429. The van der Waals surface area contributed by atoms with Crippen molar-refractivity contribution >= 4 is 46.9 Å². The van der Waals surface area contributed by atoms with Crippen LogP contribution >= 0.6 is 23.2 Å². The molecule has 1 heterocycles. The summed E-state index contributed by atoms with van der Waals surface area (Å²) in [7, 11) is 1.99. The maximum absolute atomic E-state index is 16.1. The second kappa shape index (κ2) is 12.2. The summed E-state index contributed by atoms with van der Waals surface area (Å²) < 4.78 is 16.1. The highest BCUT2D eigenvalue weighted by Crippen LogP contribution is 2.61. The minimum atomic E-state index is -0.719. The highest BCUT2D eigenvalue weighted by atomic mass is 35.5. The van der Waals surface area contributed by atoms with Gasteiger partial charge in [-0.05, 0) is 91.1 Å². The van der Waals surface area contributed by atoms with Crippen LogP contribution in [0.5, 0.6) is 0 Å². The molecule has 0 aromatic heterocycles. The quantitative estimate of drug-likeness (QED) is 0.258. The zero-order valence-corrected chi connectivity index (χ0v) is 26.9. The molecule has 3 aromatic rings. The standard InChI is InChI=1S/C35H40Cl2FN3O2/c1-21(2)22-9-12-24(13-10-22)40-33(43)32-29(26-7-6-8-27(37)31(26)38)30(25-14-11-23(36)19-28(25)39-20-42)35(41(32)5)17-15-34(3,4)16-18-35/h6-14,19-21,29-30,32H,15-18H2,1-5H3,(H,39,42)(H,40,43)/t29-,30?,32?/m1/s1. The highest BCUT2D eigenvalue weighted by Gasteiger charge is 2.62. The predicted molar refractivity (Wildman–Crippen MR) is 174 cm³/mol. The van der Waals surface area contributed by atoms with Gasteiger partial charge in [0.25, 0.3) is 0 Å². The van der Waals surface area contributed by atoms with Crippen LogP contribution in [0.3, 0.4) is 0 Å². The lowest BCUT2D eigenvalue weighted by Gasteiger charge is -2.49. The van der Waals surface area contributed by atoms with E-state index in [0.717, 1.165) is 31.2 Å². The van der Waals surface area contributed by atoms with Crippen LogP contribution < -0.4 is 10.6 Å². The number of hydrogen-bond donors (Lipinski definition) is 2. The van der Waals surface area contributed by atoms with Crippen LogP contribution in [0.4, 0.5) is 15.8 Å². The average molecular weight is 625 g/mol. The van der Waals surface area contributed by atoms with Crippen LogP contribution in [0.25, 0.3) is 0 Å². The zero-order chi connectivity index (χ0) is 31.1. The Morgan fingerprint density at radius 2 is 1.67 bits per heavy atom. The number of hydrogen-bond acceptors (Lipinski definition) is 3. The second-order valence-corrected chi connectivity index (χ2v) is 14.1. The summed E-state index contributed by atoms with van der Waals surface area (Å²) in [6, 6.07) is 17.6. The number of likely N-dealkylation sites (N-methyl/N-ethyl adjacent to an activating group) is 1. The van der Waals surface area contributed by atoms with Crippen molar-refractivity contribution in [2.45, 2.75) is 82.7 Å². The molecular weight excluding hydrogens is 584 g/mol. The molecule has 5 nitrogen and oxygen atoms in total. The van der Waals surface area contributed by atoms with Gasteiger partial charge in [-0.2, -0.15) is 0 Å². The third-order valence-corrected chi connectivity index (χ3v) is 10.4. The number of likely N-dealkylation sites (tertiary alicyclic amines) is 1. The van der Waals surface area contributed by atoms with E-state index in [0.29, 0.717) is 34.3 Å². The minimum Gasteiger partial charge on any atom is -0.328 e. The highest BCUT2D eigenvalue weighted by molar-refractivity contribution is 6.31. The van der Waals surface area contributed by atoms with E-state index in [-0.39, 0.29) is 22.3 Å². The van der Waals surface area contributed by atoms with Crippen LogP contribution in [0.1, 0.15) is 87.8 Å². The smallest absolute Gasteiger partial charge is 0.242 e. The third kappa shape index (κ3) is 5.94. The molecule has 1 saturated carbocycles. The second-order valence-electron chi connectivity index (χ2n) is 13.2. The molecule has 8 heteroatoms. The van der Waals surface area contributed by atoms with Gasteiger partial charge in [0.05, 0.1) is 11.1 Å². The van der Waals surface area contributed by atoms with Crippen molar-refractivity contribution in [3.63, 3.8) is 0 Å². The van der Waals surface area contributed by atoms with Gasteiger partial charge in [-0.3, -0.25) is 14.5 Å². The Balaban J connectivity index is 1.70. The number of nitrogens with one attached hydrogen (secondary N) is 2. The van der Waals surface area contributed by atoms with E-state index in [9.17, 15) is 9.59 Å². The van der Waals surface area contributed by atoms with Crippen LogP contribution in [0.15, 0.2) is 60.7 Å². The van der Waals surface area contributed by atoms with E-state index in [1.807, 2.05) is 37.4 Å². The molecule has 2 aliphatic rings. The van der Waals surface area contributed by atoms with Gasteiger partial charge in [0.15, 0.2) is 0 Å². The SMILES string of the molecule is CC(C)c1ccc(NC(=O)C2[C@H](c3cccc(Cl)c3F)C(c3ccc(Cl)cc3NC=O)C3(CCC(C)(C)CC3)N2C)cc1. The first-order chi connectivity index (χ1) is 20.4. The molecule has 3 aromatic carbocycles. The normalized spacial score (nSPS) is 23.0. The summed E-state index contributed by atoms with van der Waals surface area (Å²) in [6.07, 6.45) is 4.11. The van der Waals surface area contributed by atoms with Gasteiger partial charge < -0.3 is 10.6 Å². The van der Waals surface area contributed by atoms with Crippen molar-refractivity contribution in [2.75, 3.05) is 17.7 Å². The predicted octanol–water partition coefficient (Wildman–Crippen LogP) is 8.98. The Morgan fingerprint density at radius 3 is 2.30 bits per heavy atom. The minimum absolute atomic E-state index is 0.00964. The van der Waals surface area contributed by atoms with Crippen molar-refractivity contribution in [2.24, 2.45) is 5.41 Å². The largest absolute Gasteiger partial charge is 0.328 e. The summed E-state index contributed by atoms with van der Waals surface area (Å²) in [5.41, 5.74) is 3.27. The van der Waals surface area contributed by atoms with Crippen LogP contribution in [-0.2, 0) is 9.59 Å². The van der Waals surface area contributed by atoms with Crippen LogP contribution in [-0.4, -0.2) is 35.8 Å². The molecule has 43 heavy (non-hydrogen) atoms. The van der Waals surface area contributed by atoms with Crippen molar-refractivity contribution in [1.82, 2.24) is 4.90 Å². The molecule has 2 fully saturated rings. The molecule has 1 aliphatic carbocycles. The number of rotatable bonds is 7. The molecule has 5 rings (SSSR count). The first-order valence-corrected chi connectivity index (χ1v) is 15.7. The summed E-state index contributed by atoms with van der Waals surface area (Å²) in [5, 5.41) is 6.47. The molecule has 228 valence electrons. The maximum Gasteiger partial charge on any atom is 0.242 e. The van der Waals surface area contributed by atoms with E-state index in [4.69, 9.17) is 23.2 Å². The van der Waals surface area contributed by atoms with Crippen molar-refractivity contribution in [3.8, 4) is 0 Å². The Hall–Kier alpha value is -2.93. The van der Waals surface area contributed by atoms with Gasteiger partial charge in [0.2, 0.25) is 12.3 Å². The molecule has 2 unspecified atom stereocenters. The Morgan fingerprint density at radius 1 is 1.00 bits per heavy atom. The molecule has 2 amide bonds. The summed E-state index contributed by atoms with van der Waals surface area (Å²) in [5.74, 6) is -1.33. The third-order valence-electron chi connectivity index (χ3n) is 9.89. The number of carbonyl (C=O) groups excluding carboxylic acids is 2. The number of halogens is 3. The maximum atomic E-state index is 16.1. The molecule has 2 N–H and O–H groups in total. The molecule has 1 saturated heterocycles. The van der Waals surface area contributed by atoms with Gasteiger partial charge >= 0.3 is 0 Å². The van der Waals surface area contributed by atoms with Gasteiger partial charge in [-0.1, -0.05) is 81.2 Å².